The van der Waals surface area contributed by atoms with E-state index in [0.717, 1.165) is 17.3 Å². The molecule has 0 radical (unpaired) electrons. The number of aryl methyl sites for hydroxylation is 1. The molecule has 0 bridgehead atoms. The molecular formula is C26H24N5O5S+. The Hall–Kier alpha value is -4.56. The van der Waals surface area contributed by atoms with Gasteiger partial charge in [0.05, 0.1) is 38.3 Å². The zero-order valence-electron chi connectivity index (χ0n) is 20.6. The van der Waals surface area contributed by atoms with Crippen LogP contribution in [-0.4, -0.2) is 43.2 Å². The standard InChI is InChI=1S/C26H23N5O5S/c1-31-14-24(36-30-31)29-23(32)15-37-26-19(13-27)18(12-20(28-26)16-8-6-5-7-9-16)17-10-21(33-2)25(35-4)22(11-17)34-3/h5-12,14H,15H2,1-4H3/p+1. The smallest absolute Gasteiger partial charge is 0.302 e. The van der Waals surface area contributed by atoms with Crippen molar-refractivity contribution in [2.45, 2.75) is 5.03 Å². The number of hydrogen-bond donors (Lipinski definition) is 1. The van der Waals surface area contributed by atoms with E-state index in [4.69, 9.17) is 23.7 Å². The lowest BCUT2D eigenvalue weighted by Gasteiger charge is -2.16. The Balaban J connectivity index is 1.79. The molecule has 2 aromatic carbocycles. The van der Waals surface area contributed by atoms with Gasteiger partial charge in [0.25, 0.3) is 6.20 Å². The zero-order valence-corrected chi connectivity index (χ0v) is 21.5. The van der Waals surface area contributed by atoms with Gasteiger partial charge in [0, 0.05) is 11.1 Å². The van der Waals surface area contributed by atoms with Crippen LogP contribution in [0.2, 0.25) is 0 Å². The van der Waals surface area contributed by atoms with Crippen molar-refractivity contribution in [2.24, 2.45) is 7.05 Å². The van der Waals surface area contributed by atoms with Gasteiger partial charge in [-0.2, -0.15) is 5.26 Å². The lowest BCUT2D eigenvalue weighted by molar-refractivity contribution is -0.739. The Labute approximate surface area is 217 Å². The van der Waals surface area contributed by atoms with Crippen LogP contribution in [0.15, 0.2) is 64.3 Å². The number of thioether (sulfide) groups is 1. The molecule has 1 amide bonds. The van der Waals surface area contributed by atoms with E-state index in [1.165, 1.54) is 26.0 Å². The Morgan fingerprint density at radius 2 is 1.78 bits per heavy atom. The molecule has 0 aliphatic heterocycles. The van der Waals surface area contributed by atoms with Gasteiger partial charge in [-0.25, -0.2) is 4.98 Å². The molecule has 2 aromatic heterocycles. The van der Waals surface area contributed by atoms with Crippen molar-refractivity contribution in [1.29, 1.82) is 5.26 Å². The van der Waals surface area contributed by atoms with Gasteiger partial charge in [-0.15, -0.1) is 0 Å². The van der Waals surface area contributed by atoms with E-state index in [1.54, 1.807) is 25.4 Å². The summed E-state index contributed by atoms with van der Waals surface area (Å²) in [5, 5.41) is 16.9. The molecule has 2 heterocycles. The Morgan fingerprint density at radius 3 is 2.35 bits per heavy atom. The first kappa shape index (κ1) is 25.5. The first-order chi connectivity index (χ1) is 18.0. The van der Waals surface area contributed by atoms with Crippen molar-refractivity contribution in [3.8, 4) is 45.7 Å². The highest BCUT2D eigenvalue weighted by molar-refractivity contribution is 8.00. The number of nitriles is 1. The van der Waals surface area contributed by atoms with Crippen LogP contribution in [0, 0.1) is 11.3 Å². The predicted octanol–water partition coefficient (Wildman–Crippen LogP) is 3.86. The van der Waals surface area contributed by atoms with Gasteiger partial charge < -0.3 is 14.2 Å². The summed E-state index contributed by atoms with van der Waals surface area (Å²) in [6.45, 7) is 0. The average molecular weight is 519 g/mol. The molecule has 0 spiro atoms. The van der Waals surface area contributed by atoms with Gasteiger partial charge in [-0.1, -0.05) is 46.8 Å². The number of carbonyl (C=O) groups excluding carboxylic acids is 1. The van der Waals surface area contributed by atoms with E-state index in [2.05, 4.69) is 16.7 Å². The first-order valence-electron chi connectivity index (χ1n) is 11.0. The molecule has 1 N–H and O–H groups in total. The number of hydrogen-bond acceptors (Lipinski definition) is 9. The fraction of sp³-hybridized carbons (Fsp3) is 0.192. The summed E-state index contributed by atoms with van der Waals surface area (Å²) in [6, 6.07) is 17.2. The van der Waals surface area contributed by atoms with E-state index in [-0.39, 0.29) is 17.5 Å². The third kappa shape index (κ3) is 5.65. The molecule has 0 saturated heterocycles. The number of amides is 1. The SMILES string of the molecule is COc1cc(-c2cc(-c3ccccc3)nc(SCC(=O)Nc3c[n+](C)no3)c2C#N)cc(OC)c1OC. The van der Waals surface area contributed by atoms with Crippen LogP contribution in [0.1, 0.15) is 5.56 Å². The largest absolute Gasteiger partial charge is 0.493 e. The van der Waals surface area contributed by atoms with Crippen molar-refractivity contribution < 1.29 is 28.2 Å². The van der Waals surface area contributed by atoms with Crippen LogP contribution in [0.4, 0.5) is 5.88 Å². The summed E-state index contributed by atoms with van der Waals surface area (Å²) < 4.78 is 22.9. The summed E-state index contributed by atoms with van der Waals surface area (Å²) in [6.07, 6.45) is 1.54. The number of pyridine rings is 1. The van der Waals surface area contributed by atoms with Crippen LogP contribution >= 0.6 is 11.8 Å². The number of nitrogens with zero attached hydrogens (tertiary/aromatic N) is 4. The van der Waals surface area contributed by atoms with Crippen molar-refractivity contribution in [3.63, 3.8) is 0 Å². The van der Waals surface area contributed by atoms with E-state index >= 15 is 0 Å². The normalized spacial score (nSPS) is 10.5. The molecule has 10 nitrogen and oxygen atoms in total. The molecule has 0 atom stereocenters. The number of ether oxygens (including phenoxy) is 3. The van der Waals surface area contributed by atoms with E-state index in [1.807, 2.05) is 36.4 Å². The van der Waals surface area contributed by atoms with Crippen molar-refractivity contribution in [3.05, 3.63) is 60.3 Å². The Bertz CT molecular complexity index is 1440. The maximum Gasteiger partial charge on any atom is 0.302 e. The topological polar surface area (TPSA) is 123 Å². The molecule has 11 heteroatoms. The van der Waals surface area contributed by atoms with Gasteiger partial charge in [0.15, 0.2) is 23.8 Å². The highest BCUT2D eigenvalue weighted by Gasteiger charge is 2.21. The highest BCUT2D eigenvalue weighted by Crippen LogP contribution is 2.43. The predicted molar refractivity (Wildman–Crippen MR) is 137 cm³/mol. The second-order valence-electron chi connectivity index (χ2n) is 7.70. The number of carbonyl (C=O) groups is 1. The number of methoxy groups -OCH3 is 3. The van der Waals surface area contributed by atoms with Crippen LogP contribution in [0.25, 0.3) is 22.4 Å². The third-order valence-electron chi connectivity index (χ3n) is 5.32. The molecule has 4 rings (SSSR count). The number of anilines is 1. The molecule has 0 aliphatic rings. The molecule has 188 valence electrons. The summed E-state index contributed by atoms with van der Waals surface area (Å²) >= 11 is 1.15. The molecule has 0 saturated carbocycles. The number of nitrogens with one attached hydrogen (secondary N) is 1. The molecule has 0 unspecified atom stereocenters. The second-order valence-corrected chi connectivity index (χ2v) is 8.67. The fourth-order valence-electron chi connectivity index (χ4n) is 3.64. The third-order valence-corrected chi connectivity index (χ3v) is 6.29. The number of aromatic nitrogens is 3. The number of rotatable bonds is 9. The van der Waals surface area contributed by atoms with Crippen LogP contribution < -0.4 is 24.2 Å². The molecule has 0 aliphatic carbocycles. The van der Waals surface area contributed by atoms with E-state index in [9.17, 15) is 10.1 Å². The molecule has 4 aromatic rings. The fourth-order valence-corrected chi connectivity index (χ4v) is 4.45. The average Bonchev–Trinajstić information content (AvgIpc) is 3.34. The minimum Gasteiger partial charge on any atom is -0.493 e. The summed E-state index contributed by atoms with van der Waals surface area (Å²) in [5.41, 5.74) is 3.11. The second kappa shape index (κ2) is 11.5. The van der Waals surface area contributed by atoms with Gasteiger partial charge in [-0.3, -0.25) is 14.6 Å². The Morgan fingerprint density at radius 1 is 1.08 bits per heavy atom. The quantitative estimate of drug-likeness (QED) is 0.260. The molecule has 37 heavy (non-hydrogen) atoms. The van der Waals surface area contributed by atoms with Crippen molar-refractivity contribution in [1.82, 2.24) is 10.3 Å². The maximum atomic E-state index is 12.6. The zero-order chi connectivity index (χ0) is 26.4. The summed E-state index contributed by atoms with van der Waals surface area (Å²) in [4.78, 5) is 17.3. The van der Waals surface area contributed by atoms with Crippen LogP contribution in [0.3, 0.4) is 0 Å². The lowest BCUT2D eigenvalue weighted by Crippen LogP contribution is -2.28. The number of benzene rings is 2. The maximum absolute atomic E-state index is 12.6. The van der Waals surface area contributed by atoms with E-state index in [0.29, 0.717) is 44.7 Å². The van der Waals surface area contributed by atoms with Gasteiger partial charge in [-0.05, 0) is 23.8 Å². The first-order valence-corrected chi connectivity index (χ1v) is 12.0. The lowest BCUT2D eigenvalue weighted by atomic mass is 9.98. The summed E-state index contributed by atoms with van der Waals surface area (Å²) in [7, 11) is 6.27. The van der Waals surface area contributed by atoms with Crippen molar-refractivity contribution >= 4 is 23.6 Å². The van der Waals surface area contributed by atoms with Gasteiger partial charge >= 0.3 is 5.88 Å². The van der Waals surface area contributed by atoms with Crippen LogP contribution in [-0.2, 0) is 11.8 Å². The van der Waals surface area contributed by atoms with Gasteiger partial charge in [0.1, 0.15) is 11.1 Å². The van der Waals surface area contributed by atoms with Gasteiger partial charge in [0.2, 0.25) is 11.7 Å². The minimum atomic E-state index is -0.327. The Kier molecular flexibility index (Phi) is 7.90. The van der Waals surface area contributed by atoms with Crippen molar-refractivity contribution in [2.75, 3.05) is 32.4 Å². The molecule has 0 fully saturated rings. The van der Waals surface area contributed by atoms with E-state index < -0.39 is 0 Å². The minimum absolute atomic E-state index is 0.000960. The monoisotopic (exact) mass is 518 g/mol. The van der Waals surface area contributed by atoms with Crippen LogP contribution in [0.5, 0.6) is 17.2 Å². The molecular weight excluding hydrogens is 494 g/mol. The highest BCUT2D eigenvalue weighted by atomic mass is 32.2. The summed E-state index contributed by atoms with van der Waals surface area (Å²) in [5.74, 6) is 1.24.